The van der Waals surface area contributed by atoms with E-state index in [0.717, 1.165) is 5.56 Å². The monoisotopic (exact) mass is 343 g/mol. The maximum Gasteiger partial charge on any atom is 0.251 e. The number of hydrogen-bond donors (Lipinski definition) is 2. The smallest absolute Gasteiger partial charge is 0.251 e. The second kappa shape index (κ2) is 8.39. The Morgan fingerprint density at radius 3 is 2.36 bits per heavy atom. The van der Waals surface area contributed by atoms with Crippen LogP contribution in [-0.2, 0) is 11.3 Å². The van der Waals surface area contributed by atoms with E-state index in [9.17, 15) is 14.0 Å². The molecule has 0 saturated heterocycles. The highest BCUT2D eigenvalue weighted by Crippen LogP contribution is 2.19. The van der Waals surface area contributed by atoms with Crippen LogP contribution in [-0.4, -0.2) is 37.9 Å². The van der Waals surface area contributed by atoms with E-state index in [1.54, 1.807) is 62.4 Å². The first kappa shape index (κ1) is 18.6. The number of carbonyl (C=O) groups excluding carboxylic acids is 2. The molecule has 1 atom stereocenters. The average Bonchev–Trinajstić information content (AvgIpc) is 2.59. The predicted molar refractivity (Wildman–Crippen MR) is 94.5 cm³/mol. The molecule has 0 heterocycles. The summed E-state index contributed by atoms with van der Waals surface area (Å²) in [6.45, 7) is 0.326. The van der Waals surface area contributed by atoms with Crippen molar-refractivity contribution in [2.75, 3.05) is 21.1 Å². The topological polar surface area (TPSA) is 61.4 Å². The maximum atomic E-state index is 13.5. The third-order valence-electron chi connectivity index (χ3n) is 3.84. The zero-order chi connectivity index (χ0) is 18.4. The van der Waals surface area contributed by atoms with Crippen LogP contribution in [0.25, 0.3) is 0 Å². The Labute approximate surface area is 146 Å². The SMILES string of the molecule is CNC(=O)c1ccc(CNC(=O)C(c2cccc(F)c2)N(C)C)cc1. The fourth-order valence-corrected chi connectivity index (χ4v) is 2.56. The molecule has 6 heteroatoms. The maximum absolute atomic E-state index is 13.5. The molecule has 0 radical (unpaired) electrons. The summed E-state index contributed by atoms with van der Waals surface area (Å²) in [7, 11) is 5.12. The number of likely N-dealkylation sites (N-methyl/N-ethyl adjacent to an activating group) is 1. The number of nitrogens with zero attached hydrogens (tertiary/aromatic N) is 1. The van der Waals surface area contributed by atoms with Gasteiger partial charge in [-0.2, -0.15) is 0 Å². The number of hydrogen-bond acceptors (Lipinski definition) is 3. The van der Waals surface area contributed by atoms with Crippen LogP contribution in [0.15, 0.2) is 48.5 Å². The Hall–Kier alpha value is -2.73. The minimum atomic E-state index is -0.583. The molecule has 132 valence electrons. The molecule has 0 aromatic heterocycles. The number of nitrogens with one attached hydrogen (secondary N) is 2. The molecule has 0 fully saturated rings. The molecule has 2 rings (SSSR count). The van der Waals surface area contributed by atoms with Gasteiger partial charge in [0.2, 0.25) is 5.91 Å². The molecule has 0 spiro atoms. The van der Waals surface area contributed by atoms with Crippen molar-refractivity contribution in [3.63, 3.8) is 0 Å². The first-order chi connectivity index (χ1) is 11.9. The van der Waals surface area contributed by atoms with Crippen molar-refractivity contribution in [3.05, 3.63) is 71.0 Å². The molecule has 1 unspecified atom stereocenters. The van der Waals surface area contributed by atoms with Crippen LogP contribution in [0.5, 0.6) is 0 Å². The Morgan fingerprint density at radius 1 is 1.12 bits per heavy atom. The molecule has 0 aliphatic carbocycles. The van der Waals surface area contributed by atoms with Crippen molar-refractivity contribution in [1.29, 1.82) is 0 Å². The van der Waals surface area contributed by atoms with Crippen molar-refractivity contribution >= 4 is 11.8 Å². The minimum Gasteiger partial charge on any atom is -0.355 e. The van der Waals surface area contributed by atoms with Gasteiger partial charge >= 0.3 is 0 Å². The van der Waals surface area contributed by atoms with Crippen LogP contribution in [0.1, 0.15) is 27.5 Å². The molecule has 2 aromatic carbocycles. The van der Waals surface area contributed by atoms with Gasteiger partial charge in [0.05, 0.1) is 0 Å². The summed E-state index contributed by atoms with van der Waals surface area (Å²) < 4.78 is 13.5. The lowest BCUT2D eigenvalue weighted by Gasteiger charge is -2.24. The summed E-state index contributed by atoms with van der Waals surface area (Å²) in [6, 6.07) is 12.4. The highest BCUT2D eigenvalue weighted by atomic mass is 19.1. The molecular formula is C19H22FN3O2. The number of halogens is 1. The largest absolute Gasteiger partial charge is 0.355 e. The molecule has 0 aliphatic rings. The first-order valence-electron chi connectivity index (χ1n) is 7.93. The van der Waals surface area contributed by atoms with Gasteiger partial charge in [-0.05, 0) is 49.5 Å². The number of amides is 2. The van der Waals surface area contributed by atoms with Crippen molar-refractivity contribution in [3.8, 4) is 0 Å². The van der Waals surface area contributed by atoms with E-state index in [-0.39, 0.29) is 17.6 Å². The van der Waals surface area contributed by atoms with E-state index in [4.69, 9.17) is 0 Å². The summed E-state index contributed by atoms with van der Waals surface area (Å²) >= 11 is 0. The Balaban J connectivity index is 2.05. The first-order valence-corrected chi connectivity index (χ1v) is 7.93. The van der Waals surface area contributed by atoms with E-state index in [0.29, 0.717) is 17.7 Å². The molecule has 25 heavy (non-hydrogen) atoms. The van der Waals surface area contributed by atoms with Gasteiger partial charge < -0.3 is 10.6 Å². The molecule has 0 aliphatic heterocycles. The number of benzene rings is 2. The Bertz CT molecular complexity index is 745. The molecule has 0 bridgehead atoms. The standard InChI is InChI=1S/C19H22FN3O2/c1-21-18(24)14-9-7-13(8-10-14)12-22-19(25)17(23(2)3)15-5-4-6-16(20)11-15/h4-11,17H,12H2,1-3H3,(H,21,24)(H,22,25). The van der Waals surface area contributed by atoms with Gasteiger partial charge in [0.1, 0.15) is 11.9 Å². The molecule has 2 amide bonds. The van der Waals surface area contributed by atoms with Crippen molar-refractivity contribution in [2.24, 2.45) is 0 Å². The molecule has 2 N–H and O–H groups in total. The van der Waals surface area contributed by atoms with Gasteiger partial charge in [-0.25, -0.2) is 4.39 Å². The molecule has 5 nitrogen and oxygen atoms in total. The van der Waals surface area contributed by atoms with Crippen molar-refractivity contribution < 1.29 is 14.0 Å². The zero-order valence-corrected chi connectivity index (χ0v) is 14.5. The van der Waals surface area contributed by atoms with Crippen molar-refractivity contribution in [2.45, 2.75) is 12.6 Å². The lowest BCUT2D eigenvalue weighted by molar-refractivity contribution is -0.125. The average molecular weight is 343 g/mol. The van der Waals surface area contributed by atoms with Gasteiger partial charge in [0, 0.05) is 19.2 Å². The van der Waals surface area contributed by atoms with E-state index in [1.165, 1.54) is 12.1 Å². The van der Waals surface area contributed by atoms with Gasteiger partial charge in [-0.1, -0.05) is 24.3 Å². The van der Waals surface area contributed by atoms with E-state index >= 15 is 0 Å². The highest BCUT2D eigenvalue weighted by molar-refractivity contribution is 5.93. The quantitative estimate of drug-likeness (QED) is 0.844. The van der Waals surface area contributed by atoms with Crippen LogP contribution in [0.4, 0.5) is 4.39 Å². The summed E-state index contributed by atoms with van der Waals surface area (Å²) in [4.78, 5) is 25.8. The Kier molecular flexibility index (Phi) is 6.25. The van der Waals surface area contributed by atoms with Gasteiger partial charge in [0.15, 0.2) is 0 Å². The fraction of sp³-hybridized carbons (Fsp3) is 0.263. The molecule has 0 saturated carbocycles. The fourth-order valence-electron chi connectivity index (χ4n) is 2.56. The third kappa shape index (κ3) is 4.87. The summed E-state index contributed by atoms with van der Waals surface area (Å²) in [5, 5.41) is 5.41. The summed E-state index contributed by atoms with van der Waals surface area (Å²) in [5.41, 5.74) is 2.03. The summed E-state index contributed by atoms with van der Waals surface area (Å²) in [5.74, 6) is -0.748. The normalized spacial score (nSPS) is 11.9. The number of rotatable bonds is 6. The molecular weight excluding hydrogens is 321 g/mol. The van der Waals surface area contributed by atoms with Crippen LogP contribution < -0.4 is 10.6 Å². The van der Waals surface area contributed by atoms with Crippen LogP contribution in [0.2, 0.25) is 0 Å². The van der Waals surface area contributed by atoms with Crippen molar-refractivity contribution in [1.82, 2.24) is 15.5 Å². The lowest BCUT2D eigenvalue weighted by atomic mass is 10.0. The van der Waals surface area contributed by atoms with E-state index < -0.39 is 6.04 Å². The van der Waals surface area contributed by atoms with Crippen LogP contribution in [0.3, 0.4) is 0 Å². The van der Waals surface area contributed by atoms with Gasteiger partial charge in [-0.3, -0.25) is 14.5 Å². The van der Waals surface area contributed by atoms with Crippen LogP contribution >= 0.6 is 0 Å². The Morgan fingerprint density at radius 2 is 1.80 bits per heavy atom. The number of carbonyl (C=O) groups is 2. The van der Waals surface area contributed by atoms with Gasteiger partial charge in [0.25, 0.3) is 5.91 Å². The predicted octanol–water partition coefficient (Wildman–Crippen LogP) is 2.10. The second-order valence-corrected chi connectivity index (χ2v) is 5.92. The third-order valence-corrected chi connectivity index (χ3v) is 3.84. The minimum absolute atomic E-state index is 0.158. The van der Waals surface area contributed by atoms with E-state index in [2.05, 4.69) is 10.6 Å². The zero-order valence-electron chi connectivity index (χ0n) is 14.5. The van der Waals surface area contributed by atoms with Crippen LogP contribution in [0, 0.1) is 5.82 Å². The summed E-state index contributed by atoms with van der Waals surface area (Å²) in [6.07, 6.45) is 0. The van der Waals surface area contributed by atoms with Gasteiger partial charge in [-0.15, -0.1) is 0 Å². The molecule has 2 aromatic rings. The highest BCUT2D eigenvalue weighted by Gasteiger charge is 2.23. The lowest BCUT2D eigenvalue weighted by Crippen LogP contribution is -2.36. The van der Waals surface area contributed by atoms with E-state index in [1.807, 2.05) is 0 Å². The second-order valence-electron chi connectivity index (χ2n) is 5.92.